The highest BCUT2D eigenvalue weighted by molar-refractivity contribution is 6.04. The van der Waals surface area contributed by atoms with Crippen LogP contribution >= 0.6 is 0 Å². The monoisotopic (exact) mass is 388 g/mol. The molecule has 0 unspecified atom stereocenters. The molecule has 3 saturated heterocycles. The first kappa shape index (κ1) is 17.4. The van der Waals surface area contributed by atoms with E-state index < -0.39 is 23.9 Å². The average Bonchev–Trinajstić information content (AvgIpc) is 3.44. The number of anilines is 2. The highest BCUT2D eigenvalue weighted by Crippen LogP contribution is 2.44. The molecule has 28 heavy (non-hydrogen) atoms. The molecule has 4 atom stereocenters. The molecule has 148 valence electrons. The molecule has 0 aliphatic carbocycles. The van der Waals surface area contributed by atoms with Crippen LogP contribution in [0.4, 0.5) is 11.4 Å². The molecule has 0 saturated carbocycles. The van der Waals surface area contributed by atoms with Crippen molar-refractivity contribution in [2.24, 2.45) is 11.8 Å². The molecule has 1 amide bonds. The van der Waals surface area contributed by atoms with Crippen LogP contribution < -0.4 is 10.2 Å². The lowest BCUT2D eigenvalue weighted by Crippen LogP contribution is -2.41. The predicted octanol–water partition coefficient (Wildman–Crippen LogP) is 0.876. The maximum Gasteiger partial charge on any atom is 0.310 e. The summed E-state index contributed by atoms with van der Waals surface area (Å²) in [4.78, 5) is 26.7. The lowest BCUT2D eigenvalue weighted by atomic mass is 9.78. The zero-order chi connectivity index (χ0) is 19.3. The van der Waals surface area contributed by atoms with Crippen LogP contribution in [0.15, 0.2) is 16.8 Å². The minimum absolute atomic E-state index is 0.357. The third-order valence-electron chi connectivity index (χ3n) is 5.86. The number of hydrogen-bond donors (Lipinski definition) is 2. The third-order valence-corrected chi connectivity index (χ3v) is 5.86. The first-order valence-electron chi connectivity index (χ1n) is 9.40. The van der Waals surface area contributed by atoms with E-state index in [1.54, 1.807) is 6.07 Å². The van der Waals surface area contributed by atoms with Crippen LogP contribution in [0.2, 0.25) is 0 Å². The van der Waals surface area contributed by atoms with Crippen LogP contribution in [0.1, 0.15) is 12.8 Å². The van der Waals surface area contributed by atoms with Gasteiger partial charge < -0.3 is 24.8 Å². The van der Waals surface area contributed by atoms with Crippen LogP contribution in [-0.2, 0) is 19.1 Å². The van der Waals surface area contributed by atoms with Crippen molar-refractivity contribution < 1.29 is 28.8 Å². The summed E-state index contributed by atoms with van der Waals surface area (Å²) in [7, 11) is 0. The van der Waals surface area contributed by atoms with Crippen molar-refractivity contribution in [2.45, 2.75) is 25.0 Å². The van der Waals surface area contributed by atoms with Gasteiger partial charge in [-0.05, 0) is 35.3 Å². The molecule has 10 nitrogen and oxygen atoms in total. The van der Waals surface area contributed by atoms with Crippen LogP contribution in [0.25, 0.3) is 11.0 Å². The van der Waals surface area contributed by atoms with Crippen LogP contribution in [-0.4, -0.2) is 65.8 Å². The molecule has 0 spiro atoms. The molecule has 0 radical (unpaired) electrons. The summed E-state index contributed by atoms with van der Waals surface area (Å²) >= 11 is 0. The molecule has 2 N–H and O–H groups in total. The number of nitrogens with one attached hydrogen (secondary N) is 1. The van der Waals surface area contributed by atoms with E-state index >= 15 is 0 Å². The second-order valence-electron chi connectivity index (χ2n) is 7.36. The van der Waals surface area contributed by atoms with E-state index in [9.17, 15) is 14.7 Å². The molecule has 3 aliphatic rings. The van der Waals surface area contributed by atoms with Gasteiger partial charge in [-0.25, -0.2) is 4.63 Å². The van der Waals surface area contributed by atoms with Crippen LogP contribution in [0.3, 0.4) is 0 Å². The topological polar surface area (TPSA) is 127 Å². The molecular weight excluding hydrogens is 368 g/mol. The number of benzene rings is 1. The summed E-state index contributed by atoms with van der Waals surface area (Å²) in [6.07, 6.45) is 0.626. The second-order valence-corrected chi connectivity index (χ2v) is 7.36. The van der Waals surface area contributed by atoms with Crippen molar-refractivity contribution in [3.8, 4) is 0 Å². The van der Waals surface area contributed by atoms with Gasteiger partial charge in [0.15, 0.2) is 11.0 Å². The van der Waals surface area contributed by atoms with Crippen LogP contribution in [0, 0.1) is 11.8 Å². The molecule has 1 aromatic carbocycles. The fourth-order valence-corrected chi connectivity index (χ4v) is 4.55. The number of ether oxygens (including phenoxy) is 2. The number of aliphatic carboxylic acids is 1. The Labute approximate surface area is 159 Å². The Hall–Kier alpha value is -2.72. The zero-order valence-corrected chi connectivity index (χ0v) is 15.0. The second kappa shape index (κ2) is 6.71. The molecule has 2 aromatic rings. The molecule has 10 heteroatoms. The number of amides is 1. The van der Waals surface area contributed by atoms with Gasteiger partial charge in [-0.3, -0.25) is 9.59 Å². The van der Waals surface area contributed by atoms with E-state index in [1.165, 1.54) is 0 Å². The van der Waals surface area contributed by atoms with Crippen LogP contribution in [0.5, 0.6) is 0 Å². The summed E-state index contributed by atoms with van der Waals surface area (Å²) in [6.45, 7) is 2.73. The molecule has 1 aromatic heterocycles. The Morgan fingerprint density at radius 3 is 2.54 bits per heavy atom. The Balaban J connectivity index is 1.42. The maximum atomic E-state index is 12.9. The summed E-state index contributed by atoms with van der Waals surface area (Å²) in [5.74, 6) is -2.91. The van der Waals surface area contributed by atoms with E-state index in [0.717, 1.165) is 18.8 Å². The number of carboxylic acid groups (broad SMARTS) is 1. The number of morpholine rings is 1. The van der Waals surface area contributed by atoms with Gasteiger partial charge in [0, 0.05) is 13.1 Å². The number of carboxylic acids is 1. The number of hydrogen-bond acceptors (Lipinski definition) is 8. The van der Waals surface area contributed by atoms with Gasteiger partial charge in [-0.2, -0.15) is 0 Å². The lowest BCUT2D eigenvalue weighted by Gasteiger charge is -2.29. The molecule has 2 bridgehead atoms. The van der Waals surface area contributed by atoms with Gasteiger partial charge >= 0.3 is 5.97 Å². The van der Waals surface area contributed by atoms with Gasteiger partial charge in [0.25, 0.3) is 0 Å². The number of rotatable bonds is 4. The standard InChI is InChI=1S/C18H20N4O6/c23-17(13-11-3-4-12(27-11)14(13)18(24)25)19-9-1-2-10(16-15(9)20-28-21-16)22-5-7-26-8-6-22/h1-2,11-14H,3-8H2,(H,19,23)(H,24,25)/t11-,12+,13-,14+/m1/s1. The van der Waals surface area contributed by atoms with Crippen molar-refractivity contribution >= 4 is 34.3 Å². The van der Waals surface area contributed by atoms with Crippen molar-refractivity contribution in [3.05, 3.63) is 12.1 Å². The Morgan fingerprint density at radius 2 is 1.79 bits per heavy atom. The normalized spacial score (nSPS) is 29.4. The largest absolute Gasteiger partial charge is 0.481 e. The zero-order valence-electron chi connectivity index (χ0n) is 15.0. The van der Waals surface area contributed by atoms with E-state index in [-0.39, 0.29) is 12.0 Å². The van der Waals surface area contributed by atoms with E-state index in [4.69, 9.17) is 14.1 Å². The van der Waals surface area contributed by atoms with Gasteiger partial charge in [0.05, 0.1) is 48.6 Å². The fourth-order valence-electron chi connectivity index (χ4n) is 4.55. The SMILES string of the molecule is O=C(O)[C@@H]1[C@H](C(=O)Nc2ccc(N3CCOCC3)c3nonc23)[C@H]2CC[C@@H]1O2. The molecule has 5 rings (SSSR count). The number of aromatic nitrogens is 2. The van der Waals surface area contributed by atoms with Crippen molar-refractivity contribution in [2.75, 3.05) is 36.5 Å². The minimum atomic E-state index is -0.997. The maximum absolute atomic E-state index is 12.9. The molecular formula is C18H20N4O6. The van der Waals surface area contributed by atoms with Crippen molar-refractivity contribution in [1.82, 2.24) is 10.3 Å². The highest BCUT2D eigenvalue weighted by atomic mass is 16.6. The fraction of sp³-hybridized carbons (Fsp3) is 0.556. The van der Waals surface area contributed by atoms with Gasteiger partial charge in [-0.1, -0.05) is 0 Å². The van der Waals surface area contributed by atoms with Gasteiger partial charge in [0.2, 0.25) is 5.91 Å². The first-order chi connectivity index (χ1) is 13.6. The third kappa shape index (κ3) is 2.71. The first-order valence-corrected chi connectivity index (χ1v) is 9.40. The Kier molecular flexibility index (Phi) is 4.17. The quantitative estimate of drug-likeness (QED) is 0.784. The van der Waals surface area contributed by atoms with E-state index in [0.29, 0.717) is 42.8 Å². The lowest BCUT2D eigenvalue weighted by molar-refractivity contribution is -0.147. The predicted molar refractivity (Wildman–Crippen MR) is 96.0 cm³/mol. The summed E-state index contributed by atoms with van der Waals surface area (Å²) in [6, 6.07) is 3.61. The number of nitrogens with zero attached hydrogens (tertiary/aromatic N) is 3. The average molecular weight is 388 g/mol. The number of fused-ring (bicyclic) bond motifs is 3. The Morgan fingerprint density at radius 1 is 1.07 bits per heavy atom. The molecule has 3 aliphatic heterocycles. The molecule has 3 fully saturated rings. The highest BCUT2D eigenvalue weighted by Gasteiger charge is 2.55. The Bertz CT molecular complexity index is 924. The summed E-state index contributed by atoms with van der Waals surface area (Å²) in [5.41, 5.74) is 2.31. The molecule has 4 heterocycles. The number of carbonyl (C=O) groups excluding carboxylic acids is 1. The van der Waals surface area contributed by atoms with E-state index in [2.05, 4.69) is 20.5 Å². The van der Waals surface area contributed by atoms with Gasteiger partial charge in [0.1, 0.15) is 0 Å². The van der Waals surface area contributed by atoms with Crippen molar-refractivity contribution in [1.29, 1.82) is 0 Å². The van der Waals surface area contributed by atoms with Gasteiger partial charge in [-0.15, -0.1) is 0 Å². The van der Waals surface area contributed by atoms with E-state index in [1.807, 2.05) is 6.07 Å². The summed E-state index contributed by atoms with van der Waals surface area (Å²) < 4.78 is 16.0. The number of carbonyl (C=O) groups is 2. The van der Waals surface area contributed by atoms with Crippen molar-refractivity contribution in [3.63, 3.8) is 0 Å². The summed E-state index contributed by atoms with van der Waals surface area (Å²) in [5, 5.41) is 20.3. The smallest absolute Gasteiger partial charge is 0.310 e. The minimum Gasteiger partial charge on any atom is -0.481 e.